The number of pyridine rings is 1. The van der Waals surface area contributed by atoms with E-state index in [-0.39, 0.29) is 12.0 Å². The number of aliphatic hydroxyl groups is 1. The second-order valence-electron chi connectivity index (χ2n) is 7.58. The van der Waals surface area contributed by atoms with Crippen molar-refractivity contribution < 1.29 is 5.11 Å². The summed E-state index contributed by atoms with van der Waals surface area (Å²) < 4.78 is 2.04. The van der Waals surface area contributed by atoms with E-state index in [0.29, 0.717) is 28.1 Å². The van der Waals surface area contributed by atoms with Crippen LogP contribution in [0.15, 0.2) is 18.3 Å². The van der Waals surface area contributed by atoms with Gasteiger partial charge in [-0.05, 0) is 23.5 Å². The van der Waals surface area contributed by atoms with Gasteiger partial charge in [-0.3, -0.25) is 4.98 Å². The summed E-state index contributed by atoms with van der Waals surface area (Å²) in [5, 5.41) is 10.2. The van der Waals surface area contributed by atoms with Gasteiger partial charge in [0.2, 0.25) is 0 Å². The number of hydrogen-bond donors (Lipinski definition) is 1. The molecule has 0 aromatic carbocycles. The van der Waals surface area contributed by atoms with Crippen LogP contribution in [-0.2, 0) is 13.7 Å². The van der Waals surface area contributed by atoms with Crippen LogP contribution in [0.1, 0.15) is 50.6 Å². The quantitative estimate of drug-likeness (QED) is 0.876. The second-order valence-corrected chi connectivity index (χ2v) is 7.99. The summed E-state index contributed by atoms with van der Waals surface area (Å²) in [4.78, 5) is 9.32. The predicted octanol–water partition coefficient (Wildman–Crippen LogP) is 4.42. The zero-order chi connectivity index (χ0) is 17.6. The van der Waals surface area contributed by atoms with Crippen LogP contribution in [-0.4, -0.2) is 19.6 Å². The number of rotatable bonds is 2. The Balaban J connectivity index is 2.14. The van der Waals surface area contributed by atoms with Crippen molar-refractivity contribution >= 4 is 17.7 Å². The highest BCUT2D eigenvalue weighted by atomic mass is 35.5. The van der Waals surface area contributed by atoms with Crippen LogP contribution in [0.25, 0.3) is 17.6 Å². The number of nitrogens with zero attached hydrogens (tertiary/aromatic N) is 3. The highest BCUT2D eigenvalue weighted by Gasteiger charge is 2.35. The van der Waals surface area contributed by atoms with E-state index in [4.69, 9.17) is 16.6 Å². The fraction of sp³-hybridized carbons (Fsp3) is 0.474. The van der Waals surface area contributed by atoms with Gasteiger partial charge in [-0.1, -0.05) is 45.4 Å². The van der Waals surface area contributed by atoms with Crippen LogP contribution in [0.3, 0.4) is 0 Å². The van der Waals surface area contributed by atoms with E-state index in [1.807, 2.05) is 11.6 Å². The number of aliphatic hydroxyl groups excluding tert-OH is 1. The van der Waals surface area contributed by atoms with Crippen LogP contribution >= 0.6 is 11.6 Å². The van der Waals surface area contributed by atoms with Gasteiger partial charge in [0.25, 0.3) is 0 Å². The van der Waals surface area contributed by atoms with Crippen molar-refractivity contribution in [2.45, 2.75) is 40.2 Å². The van der Waals surface area contributed by atoms with Gasteiger partial charge in [-0.25, -0.2) is 4.98 Å². The minimum Gasteiger partial charge on any atom is -0.392 e. The molecule has 2 aromatic heterocycles. The molecule has 0 amide bonds. The van der Waals surface area contributed by atoms with Gasteiger partial charge in [0, 0.05) is 29.7 Å². The molecule has 2 aromatic rings. The molecule has 0 radical (unpaired) electrons. The van der Waals surface area contributed by atoms with E-state index in [0.717, 1.165) is 17.2 Å². The maximum absolute atomic E-state index is 9.68. The van der Waals surface area contributed by atoms with E-state index in [1.165, 1.54) is 0 Å². The first-order valence-electron chi connectivity index (χ1n) is 8.25. The third-order valence-corrected chi connectivity index (χ3v) is 5.32. The van der Waals surface area contributed by atoms with Gasteiger partial charge < -0.3 is 9.67 Å². The third kappa shape index (κ3) is 2.68. The van der Waals surface area contributed by atoms with Crippen molar-refractivity contribution in [1.82, 2.24) is 14.5 Å². The molecular weight excluding hydrogens is 322 g/mol. The zero-order valence-corrected chi connectivity index (χ0v) is 15.6. The Morgan fingerprint density at radius 2 is 2.04 bits per heavy atom. The minimum atomic E-state index is -0.157. The molecule has 4 nitrogen and oxygen atoms in total. The van der Waals surface area contributed by atoms with Gasteiger partial charge in [0.15, 0.2) is 5.82 Å². The lowest BCUT2D eigenvalue weighted by atomic mass is 9.70. The SMILES string of the molecule is CC1c2nc(-c3nccc(Cl)c3CO)n(C)c2C=CC1C(C)(C)C. The Labute approximate surface area is 148 Å². The van der Waals surface area contributed by atoms with Gasteiger partial charge in [0.05, 0.1) is 18.0 Å². The normalized spacial score (nSPS) is 20.3. The molecule has 0 aliphatic heterocycles. The van der Waals surface area contributed by atoms with Crippen molar-refractivity contribution in [3.05, 3.63) is 40.3 Å². The fourth-order valence-electron chi connectivity index (χ4n) is 3.66. The molecule has 0 bridgehead atoms. The van der Waals surface area contributed by atoms with E-state index in [9.17, 15) is 5.11 Å². The van der Waals surface area contributed by atoms with Crippen molar-refractivity contribution in [2.24, 2.45) is 18.4 Å². The van der Waals surface area contributed by atoms with Crippen LogP contribution in [0.2, 0.25) is 5.02 Å². The summed E-state index contributed by atoms with van der Waals surface area (Å²) in [6.07, 6.45) is 6.10. The number of hydrogen-bond acceptors (Lipinski definition) is 3. The molecule has 24 heavy (non-hydrogen) atoms. The third-order valence-electron chi connectivity index (χ3n) is 4.97. The first kappa shape index (κ1) is 17.2. The standard InChI is InChI=1S/C19H24ClN3O/c1-11-13(19(2,3)4)6-7-15-16(11)22-18(23(15)5)17-12(10-24)14(20)8-9-21-17/h6-9,11,13,24H,10H2,1-5H3. The minimum absolute atomic E-state index is 0.157. The molecule has 0 saturated carbocycles. The van der Waals surface area contributed by atoms with Gasteiger partial charge >= 0.3 is 0 Å². The molecule has 0 spiro atoms. The summed E-state index contributed by atoms with van der Waals surface area (Å²) in [7, 11) is 1.99. The number of fused-ring (bicyclic) bond motifs is 1. The topological polar surface area (TPSA) is 50.9 Å². The number of imidazole rings is 1. The Morgan fingerprint density at radius 1 is 1.33 bits per heavy atom. The van der Waals surface area contributed by atoms with Crippen LogP contribution in [0.5, 0.6) is 0 Å². The largest absolute Gasteiger partial charge is 0.392 e. The van der Waals surface area contributed by atoms with Crippen molar-refractivity contribution in [3.63, 3.8) is 0 Å². The molecule has 5 heteroatoms. The zero-order valence-electron chi connectivity index (χ0n) is 14.8. The number of halogens is 1. The summed E-state index contributed by atoms with van der Waals surface area (Å²) in [6, 6.07) is 1.69. The van der Waals surface area contributed by atoms with E-state index in [1.54, 1.807) is 12.3 Å². The molecule has 1 aliphatic carbocycles. The lowest BCUT2D eigenvalue weighted by Crippen LogP contribution is -2.26. The first-order valence-corrected chi connectivity index (χ1v) is 8.63. The summed E-state index contributed by atoms with van der Waals surface area (Å²) in [5.74, 6) is 1.50. The molecule has 3 rings (SSSR count). The number of aromatic nitrogens is 3. The summed E-state index contributed by atoms with van der Waals surface area (Å²) in [5.41, 5.74) is 3.63. The lowest BCUT2D eigenvalue weighted by Gasteiger charge is -2.35. The molecule has 2 unspecified atom stereocenters. The molecule has 2 heterocycles. The summed E-state index contributed by atoms with van der Waals surface area (Å²) in [6.45, 7) is 8.85. The first-order chi connectivity index (χ1) is 11.3. The Kier molecular flexibility index (Phi) is 4.30. The molecule has 1 aliphatic rings. The monoisotopic (exact) mass is 345 g/mol. The molecule has 1 N–H and O–H groups in total. The Hall–Kier alpha value is -1.65. The Morgan fingerprint density at radius 3 is 2.67 bits per heavy atom. The van der Waals surface area contributed by atoms with E-state index < -0.39 is 0 Å². The van der Waals surface area contributed by atoms with Crippen LogP contribution < -0.4 is 0 Å². The molecule has 0 saturated heterocycles. The average molecular weight is 346 g/mol. The molecular formula is C19H24ClN3O. The summed E-state index contributed by atoms with van der Waals surface area (Å²) >= 11 is 6.22. The van der Waals surface area contributed by atoms with Crippen LogP contribution in [0.4, 0.5) is 0 Å². The number of allylic oxidation sites excluding steroid dienone is 1. The molecule has 128 valence electrons. The van der Waals surface area contributed by atoms with Crippen molar-refractivity contribution in [3.8, 4) is 11.5 Å². The average Bonchev–Trinajstić information content (AvgIpc) is 2.84. The van der Waals surface area contributed by atoms with Gasteiger partial charge in [-0.15, -0.1) is 0 Å². The maximum Gasteiger partial charge on any atom is 0.159 e. The highest BCUT2D eigenvalue weighted by molar-refractivity contribution is 6.31. The smallest absolute Gasteiger partial charge is 0.159 e. The Bertz CT molecular complexity index is 802. The second kappa shape index (κ2) is 6.01. The highest BCUT2D eigenvalue weighted by Crippen LogP contribution is 2.44. The van der Waals surface area contributed by atoms with Crippen LogP contribution in [0, 0.1) is 11.3 Å². The van der Waals surface area contributed by atoms with Crippen molar-refractivity contribution in [2.75, 3.05) is 0 Å². The maximum atomic E-state index is 9.68. The van der Waals surface area contributed by atoms with Gasteiger partial charge in [0.1, 0.15) is 5.69 Å². The predicted molar refractivity (Wildman–Crippen MR) is 97.8 cm³/mol. The van der Waals surface area contributed by atoms with E-state index >= 15 is 0 Å². The molecule has 2 atom stereocenters. The lowest BCUT2D eigenvalue weighted by molar-refractivity contribution is 0.256. The van der Waals surface area contributed by atoms with Gasteiger partial charge in [-0.2, -0.15) is 0 Å². The van der Waals surface area contributed by atoms with E-state index in [2.05, 4.69) is 44.8 Å². The molecule has 0 fully saturated rings. The fourth-order valence-corrected chi connectivity index (χ4v) is 3.86. The van der Waals surface area contributed by atoms with Crippen molar-refractivity contribution in [1.29, 1.82) is 0 Å².